The van der Waals surface area contributed by atoms with E-state index in [0.717, 1.165) is 19.3 Å². The summed E-state index contributed by atoms with van der Waals surface area (Å²) in [7, 11) is 0. The Balaban J connectivity index is 2.30. The van der Waals surface area contributed by atoms with Crippen LogP contribution in [-0.4, -0.2) is 19.4 Å². The highest BCUT2D eigenvalue weighted by molar-refractivity contribution is 5.60. The molecule has 0 saturated carbocycles. The largest absolute Gasteiger partial charge is 0.508 e. The van der Waals surface area contributed by atoms with Gasteiger partial charge in [-0.2, -0.15) is 0 Å². The van der Waals surface area contributed by atoms with E-state index in [1.54, 1.807) is 6.92 Å². The van der Waals surface area contributed by atoms with Crippen molar-refractivity contribution in [3.63, 3.8) is 0 Å². The fourth-order valence-electron chi connectivity index (χ4n) is 1.78. The van der Waals surface area contributed by atoms with Crippen molar-refractivity contribution in [2.45, 2.75) is 33.1 Å². The summed E-state index contributed by atoms with van der Waals surface area (Å²) < 4.78 is 9.66. The SMILES string of the molecule is C=C(C)C1CC=C(COC(=O)OCC)CC1. The quantitative estimate of drug-likeness (QED) is 0.542. The van der Waals surface area contributed by atoms with Crippen molar-refractivity contribution in [2.24, 2.45) is 5.92 Å². The molecule has 1 rings (SSSR count). The molecule has 0 fully saturated rings. The molecular weight excluding hydrogens is 204 g/mol. The Morgan fingerprint density at radius 1 is 1.56 bits per heavy atom. The lowest BCUT2D eigenvalue weighted by molar-refractivity contribution is 0.0647. The number of ether oxygens (including phenoxy) is 2. The average molecular weight is 224 g/mol. The Hall–Kier alpha value is -1.25. The van der Waals surface area contributed by atoms with Gasteiger partial charge in [-0.15, -0.1) is 0 Å². The summed E-state index contributed by atoms with van der Waals surface area (Å²) in [5.41, 5.74) is 2.42. The minimum absolute atomic E-state index is 0.357. The highest BCUT2D eigenvalue weighted by Crippen LogP contribution is 2.28. The van der Waals surface area contributed by atoms with Gasteiger partial charge in [0.15, 0.2) is 0 Å². The summed E-state index contributed by atoms with van der Waals surface area (Å²) in [5.74, 6) is 0.589. The molecule has 0 aromatic heterocycles. The molecule has 0 aliphatic heterocycles. The fraction of sp³-hybridized carbons (Fsp3) is 0.615. The Kier molecular flexibility index (Phi) is 5.09. The normalized spacial score (nSPS) is 19.9. The van der Waals surface area contributed by atoms with E-state index in [1.165, 1.54) is 11.1 Å². The van der Waals surface area contributed by atoms with Crippen molar-refractivity contribution < 1.29 is 14.3 Å². The summed E-state index contributed by atoms with van der Waals surface area (Å²) in [5, 5.41) is 0. The predicted octanol–water partition coefficient (Wildman–Crippen LogP) is 3.46. The lowest BCUT2D eigenvalue weighted by atomic mass is 9.86. The van der Waals surface area contributed by atoms with Crippen molar-refractivity contribution in [3.05, 3.63) is 23.8 Å². The topological polar surface area (TPSA) is 35.5 Å². The van der Waals surface area contributed by atoms with Crippen LogP contribution in [0.3, 0.4) is 0 Å². The molecule has 1 aliphatic rings. The molecule has 0 bridgehead atoms. The van der Waals surface area contributed by atoms with Crippen molar-refractivity contribution in [2.75, 3.05) is 13.2 Å². The monoisotopic (exact) mass is 224 g/mol. The van der Waals surface area contributed by atoms with Crippen LogP contribution < -0.4 is 0 Å². The number of rotatable bonds is 4. The molecular formula is C13H20O3. The van der Waals surface area contributed by atoms with Crippen LogP contribution >= 0.6 is 0 Å². The molecule has 3 heteroatoms. The van der Waals surface area contributed by atoms with Crippen molar-refractivity contribution in [1.82, 2.24) is 0 Å². The molecule has 0 spiro atoms. The molecule has 0 saturated heterocycles. The van der Waals surface area contributed by atoms with Gasteiger partial charge in [0.1, 0.15) is 6.61 Å². The van der Waals surface area contributed by atoms with E-state index in [4.69, 9.17) is 4.74 Å². The lowest BCUT2D eigenvalue weighted by Gasteiger charge is -2.21. The maximum absolute atomic E-state index is 11.0. The maximum atomic E-state index is 11.0. The standard InChI is InChI=1S/C13H20O3/c1-4-15-13(14)16-9-11-5-7-12(8-6-11)10(2)3/h5,12H,2,4,6-9H2,1,3H3. The zero-order valence-corrected chi connectivity index (χ0v) is 10.1. The molecule has 0 aromatic carbocycles. The van der Waals surface area contributed by atoms with E-state index in [2.05, 4.69) is 24.3 Å². The molecule has 16 heavy (non-hydrogen) atoms. The Labute approximate surface area is 97.1 Å². The molecule has 1 atom stereocenters. The summed E-state index contributed by atoms with van der Waals surface area (Å²) in [6.45, 7) is 8.52. The lowest BCUT2D eigenvalue weighted by Crippen LogP contribution is -2.13. The molecule has 0 heterocycles. The number of hydrogen-bond donors (Lipinski definition) is 0. The van der Waals surface area contributed by atoms with E-state index < -0.39 is 6.16 Å². The molecule has 1 aliphatic carbocycles. The minimum atomic E-state index is -0.578. The van der Waals surface area contributed by atoms with Crippen molar-refractivity contribution in [3.8, 4) is 0 Å². The van der Waals surface area contributed by atoms with Gasteiger partial charge in [0.25, 0.3) is 0 Å². The van der Waals surface area contributed by atoms with E-state index in [0.29, 0.717) is 19.1 Å². The molecule has 0 aromatic rings. The van der Waals surface area contributed by atoms with Gasteiger partial charge in [-0.3, -0.25) is 0 Å². The number of hydrogen-bond acceptors (Lipinski definition) is 3. The Morgan fingerprint density at radius 2 is 2.31 bits per heavy atom. The summed E-state index contributed by atoms with van der Waals surface area (Å²) in [4.78, 5) is 11.0. The summed E-state index contributed by atoms with van der Waals surface area (Å²) in [6.07, 6.45) is 4.67. The van der Waals surface area contributed by atoms with Crippen LogP contribution in [0.4, 0.5) is 4.79 Å². The van der Waals surface area contributed by atoms with Gasteiger partial charge in [-0.1, -0.05) is 18.2 Å². The second-order valence-electron chi connectivity index (χ2n) is 4.15. The van der Waals surface area contributed by atoms with Gasteiger partial charge in [0, 0.05) is 0 Å². The summed E-state index contributed by atoms with van der Waals surface area (Å²) in [6, 6.07) is 0. The fourth-order valence-corrected chi connectivity index (χ4v) is 1.78. The van der Waals surface area contributed by atoms with E-state index in [9.17, 15) is 4.79 Å². The van der Waals surface area contributed by atoms with Crippen LogP contribution in [0.1, 0.15) is 33.1 Å². The van der Waals surface area contributed by atoms with Crippen LogP contribution in [-0.2, 0) is 9.47 Å². The number of allylic oxidation sites excluding steroid dienone is 2. The molecule has 1 unspecified atom stereocenters. The van der Waals surface area contributed by atoms with Gasteiger partial charge in [0.2, 0.25) is 0 Å². The third-order valence-electron chi connectivity index (χ3n) is 2.84. The third kappa shape index (κ3) is 4.09. The highest BCUT2D eigenvalue weighted by atomic mass is 16.7. The molecule has 90 valence electrons. The third-order valence-corrected chi connectivity index (χ3v) is 2.84. The first-order valence-corrected chi connectivity index (χ1v) is 5.76. The van der Waals surface area contributed by atoms with Crippen LogP contribution in [0, 0.1) is 5.92 Å². The zero-order valence-electron chi connectivity index (χ0n) is 10.1. The molecule has 0 radical (unpaired) electrons. The average Bonchev–Trinajstić information content (AvgIpc) is 2.27. The van der Waals surface area contributed by atoms with Gasteiger partial charge >= 0.3 is 6.16 Å². The smallest absolute Gasteiger partial charge is 0.435 e. The molecule has 3 nitrogen and oxygen atoms in total. The number of carbonyl (C=O) groups excluding carboxylic acids is 1. The van der Waals surface area contributed by atoms with E-state index in [1.807, 2.05) is 0 Å². The van der Waals surface area contributed by atoms with E-state index >= 15 is 0 Å². The van der Waals surface area contributed by atoms with Crippen LogP contribution in [0.2, 0.25) is 0 Å². The first-order chi connectivity index (χ1) is 7.63. The van der Waals surface area contributed by atoms with E-state index in [-0.39, 0.29) is 0 Å². The van der Waals surface area contributed by atoms with Crippen LogP contribution in [0.25, 0.3) is 0 Å². The first-order valence-electron chi connectivity index (χ1n) is 5.76. The van der Waals surface area contributed by atoms with Gasteiger partial charge in [0.05, 0.1) is 6.61 Å². The maximum Gasteiger partial charge on any atom is 0.508 e. The first kappa shape index (κ1) is 12.8. The van der Waals surface area contributed by atoms with Gasteiger partial charge in [-0.25, -0.2) is 4.79 Å². The van der Waals surface area contributed by atoms with Crippen LogP contribution in [0.5, 0.6) is 0 Å². The summed E-state index contributed by atoms with van der Waals surface area (Å²) >= 11 is 0. The minimum Gasteiger partial charge on any atom is -0.435 e. The van der Waals surface area contributed by atoms with Crippen LogP contribution in [0.15, 0.2) is 23.8 Å². The second-order valence-corrected chi connectivity index (χ2v) is 4.15. The van der Waals surface area contributed by atoms with Gasteiger partial charge < -0.3 is 9.47 Å². The predicted molar refractivity (Wildman–Crippen MR) is 63.2 cm³/mol. The second kappa shape index (κ2) is 6.36. The molecule has 0 amide bonds. The highest BCUT2D eigenvalue weighted by Gasteiger charge is 2.15. The Morgan fingerprint density at radius 3 is 2.81 bits per heavy atom. The molecule has 0 N–H and O–H groups in total. The zero-order chi connectivity index (χ0) is 12.0. The van der Waals surface area contributed by atoms with Crippen molar-refractivity contribution in [1.29, 1.82) is 0 Å². The Bertz CT molecular complexity index is 292. The number of carbonyl (C=O) groups is 1. The van der Waals surface area contributed by atoms with Gasteiger partial charge in [-0.05, 0) is 44.6 Å². The van der Waals surface area contributed by atoms with Crippen molar-refractivity contribution >= 4 is 6.16 Å².